The lowest BCUT2D eigenvalue weighted by Crippen LogP contribution is -2.50. The van der Waals surface area contributed by atoms with Crippen molar-refractivity contribution in [3.63, 3.8) is 0 Å². The summed E-state index contributed by atoms with van der Waals surface area (Å²) in [4.78, 5) is 38.5. The van der Waals surface area contributed by atoms with Gasteiger partial charge in [-0.2, -0.15) is 0 Å². The number of urea groups is 1. The second-order valence-electron chi connectivity index (χ2n) is 7.35. The smallest absolute Gasteiger partial charge is 0.325 e. The standard InChI is InChI=1S/C21H24N6O2S/c1-14-4-3-5-17(15(14)2)24-21(29)25-18(28)12-26-7-9-27(10-8-26)19-16-6-11-30-20(16)23-13-22-19/h3-6,11,13H,7-10,12H2,1-2H3,(H2,24,25,28,29). The summed E-state index contributed by atoms with van der Waals surface area (Å²) in [6.07, 6.45) is 1.60. The zero-order valence-electron chi connectivity index (χ0n) is 17.0. The number of nitrogens with zero attached hydrogens (tertiary/aromatic N) is 4. The Bertz CT molecular complexity index is 1070. The number of rotatable bonds is 4. The van der Waals surface area contributed by atoms with Crippen molar-refractivity contribution in [2.75, 3.05) is 42.9 Å². The molecular formula is C21H24N6O2S. The van der Waals surface area contributed by atoms with E-state index in [-0.39, 0.29) is 12.5 Å². The topological polar surface area (TPSA) is 90.5 Å². The van der Waals surface area contributed by atoms with Crippen LogP contribution in [0.4, 0.5) is 16.3 Å². The molecule has 2 aromatic heterocycles. The summed E-state index contributed by atoms with van der Waals surface area (Å²) in [6.45, 7) is 7.09. The Kier molecular flexibility index (Phi) is 5.91. The Morgan fingerprint density at radius 1 is 1.10 bits per heavy atom. The Labute approximate surface area is 178 Å². The molecule has 8 nitrogen and oxygen atoms in total. The van der Waals surface area contributed by atoms with E-state index in [0.717, 1.165) is 53.3 Å². The van der Waals surface area contributed by atoms with Gasteiger partial charge in [-0.25, -0.2) is 14.8 Å². The number of carbonyl (C=O) groups is 2. The number of hydrogen-bond donors (Lipinski definition) is 2. The Morgan fingerprint density at radius 2 is 1.90 bits per heavy atom. The number of imide groups is 1. The average molecular weight is 425 g/mol. The first-order valence-electron chi connectivity index (χ1n) is 9.84. The quantitative estimate of drug-likeness (QED) is 0.669. The van der Waals surface area contributed by atoms with Gasteiger partial charge in [0.15, 0.2) is 0 Å². The molecule has 3 heterocycles. The normalized spacial score (nSPS) is 14.7. The van der Waals surface area contributed by atoms with Crippen LogP contribution in [0.3, 0.4) is 0 Å². The molecule has 1 aliphatic rings. The highest BCUT2D eigenvalue weighted by molar-refractivity contribution is 7.16. The van der Waals surface area contributed by atoms with Crippen LogP contribution in [0.2, 0.25) is 0 Å². The first-order valence-corrected chi connectivity index (χ1v) is 10.7. The zero-order chi connectivity index (χ0) is 21.1. The molecule has 0 saturated carbocycles. The minimum absolute atomic E-state index is 0.186. The summed E-state index contributed by atoms with van der Waals surface area (Å²) in [5.74, 6) is 0.631. The van der Waals surface area contributed by atoms with Crippen molar-refractivity contribution in [1.29, 1.82) is 0 Å². The first-order chi connectivity index (χ1) is 14.5. The molecule has 0 bridgehead atoms. The number of nitrogens with one attached hydrogen (secondary N) is 2. The molecule has 0 atom stereocenters. The Hall–Kier alpha value is -3.04. The highest BCUT2D eigenvalue weighted by atomic mass is 32.1. The molecule has 30 heavy (non-hydrogen) atoms. The minimum atomic E-state index is -0.506. The number of amides is 3. The van der Waals surface area contributed by atoms with Gasteiger partial charge in [0.1, 0.15) is 17.0 Å². The van der Waals surface area contributed by atoms with Gasteiger partial charge in [-0.05, 0) is 42.5 Å². The third-order valence-electron chi connectivity index (χ3n) is 5.39. The lowest BCUT2D eigenvalue weighted by molar-refractivity contribution is -0.121. The van der Waals surface area contributed by atoms with Gasteiger partial charge in [0.05, 0.1) is 11.9 Å². The maximum absolute atomic E-state index is 12.3. The van der Waals surface area contributed by atoms with E-state index in [1.54, 1.807) is 17.7 Å². The molecule has 3 aromatic rings. The molecule has 0 spiro atoms. The van der Waals surface area contributed by atoms with Crippen molar-refractivity contribution in [1.82, 2.24) is 20.2 Å². The van der Waals surface area contributed by atoms with E-state index in [9.17, 15) is 9.59 Å². The predicted octanol–water partition coefficient (Wildman–Crippen LogP) is 2.78. The molecule has 3 amide bonds. The molecule has 2 N–H and O–H groups in total. The number of carbonyl (C=O) groups excluding carboxylic acids is 2. The lowest BCUT2D eigenvalue weighted by Gasteiger charge is -2.35. The first kappa shape index (κ1) is 20.2. The van der Waals surface area contributed by atoms with Crippen molar-refractivity contribution in [3.05, 3.63) is 47.1 Å². The third-order valence-corrected chi connectivity index (χ3v) is 6.21. The van der Waals surface area contributed by atoms with Gasteiger partial charge in [0.25, 0.3) is 0 Å². The van der Waals surface area contributed by atoms with Crippen molar-refractivity contribution in [2.45, 2.75) is 13.8 Å². The van der Waals surface area contributed by atoms with Crippen LogP contribution in [0.5, 0.6) is 0 Å². The molecule has 9 heteroatoms. The summed E-state index contributed by atoms with van der Waals surface area (Å²) in [7, 11) is 0. The molecule has 1 fully saturated rings. The summed E-state index contributed by atoms with van der Waals surface area (Å²) in [5, 5.41) is 8.26. The van der Waals surface area contributed by atoms with Crippen LogP contribution in [-0.2, 0) is 4.79 Å². The van der Waals surface area contributed by atoms with Crippen LogP contribution in [0.25, 0.3) is 10.2 Å². The molecule has 1 aliphatic heterocycles. The summed E-state index contributed by atoms with van der Waals surface area (Å²) in [6, 6.07) is 7.22. The van der Waals surface area contributed by atoms with E-state index in [0.29, 0.717) is 5.69 Å². The Morgan fingerprint density at radius 3 is 2.70 bits per heavy atom. The number of benzene rings is 1. The van der Waals surface area contributed by atoms with Gasteiger partial charge in [-0.3, -0.25) is 15.0 Å². The number of aromatic nitrogens is 2. The van der Waals surface area contributed by atoms with Crippen LogP contribution in [0.1, 0.15) is 11.1 Å². The molecular weight excluding hydrogens is 400 g/mol. The molecule has 0 unspecified atom stereocenters. The number of aryl methyl sites for hydroxylation is 1. The fourth-order valence-corrected chi connectivity index (χ4v) is 4.28. The number of thiophene rings is 1. The van der Waals surface area contributed by atoms with E-state index >= 15 is 0 Å². The number of hydrogen-bond acceptors (Lipinski definition) is 7. The van der Waals surface area contributed by atoms with Gasteiger partial charge in [0, 0.05) is 31.9 Å². The molecule has 4 rings (SSSR count). The average Bonchev–Trinajstić information content (AvgIpc) is 3.21. The maximum Gasteiger partial charge on any atom is 0.325 e. The number of fused-ring (bicyclic) bond motifs is 1. The SMILES string of the molecule is Cc1cccc(NC(=O)NC(=O)CN2CCN(c3ncnc4sccc34)CC2)c1C. The minimum Gasteiger partial charge on any atom is -0.353 e. The number of anilines is 2. The van der Waals surface area contributed by atoms with Crippen LogP contribution >= 0.6 is 11.3 Å². The third kappa shape index (κ3) is 4.42. The second kappa shape index (κ2) is 8.76. The van der Waals surface area contributed by atoms with Gasteiger partial charge < -0.3 is 10.2 Å². The summed E-state index contributed by atoms with van der Waals surface area (Å²) < 4.78 is 0. The predicted molar refractivity (Wildman–Crippen MR) is 119 cm³/mol. The van der Waals surface area contributed by atoms with Gasteiger partial charge in [0.2, 0.25) is 5.91 Å². The van der Waals surface area contributed by atoms with Gasteiger partial charge >= 0.3 is 6.03 Å². The maximum atomic E-state index is 12.3. The summed E-state index contributed by atoms with van der Waals surface area (Å²) >= 11 is 1.60. The van der Waals surface area contributed by atoms with Crippen molar-refractivity contribution in [2.24, 2.45) is 0 Å². The highest BCUT2D eigenvalue weighted by Gasteiger charge is 2.22. The molecule has 1 saturated heterocycles. The van der Waals surface area contributed by atoms with Crippen molar-refractivity contribution < 1.29 is 9.59 Å². The fourth-order valence-electron chi connectivity index (χ4n) is 3.56. The monoisotopic (exact) mass is 424 g/mol. The van der Waals surface area contributed by atoms with Crippen molar-refractivity contribution in [3.8, 4) is 0 Å². The largest absolute Gasteiger partial charge is 0.353 e. The zero-order valence-corrected chi connectivity index (χ0v) is 17.8. The fraction of sp³-hybridized carbons (Fsp3) is 0.333. The molecule has 0 aliphatic carbocycles. The van der Waals surface area contributed by atoms with E-state index in [4.69, 9.17) is 0 Å². The van der Waals surface area contributed by atoms with E-state index in [2.05, 4.69) is 25.5 Å². The van der Waals surface area contributed by atoms with Gasteiger partial charge in [-0.15, -0.1) is 11.3 Å². The van der Waals surface area contributed by atoms with E-state index in [1.165, 1.54) is 0 Å². The Balaban J connectivity index is 1.27. The lowest BCUT2D eigenvalue weighted by atomic mass is 10.1. The van der Waals surface area contributed by atoms with Crippen LogP contribution in [-0.4, -0.2) is 59.5 Å². The molecule has 156 valence electrons. The van der Waals surface area contributed by atoms with Crippen LogP contribution in [0.15, 0.2) is 36.0 Å². The van der Waals surface area contributed by atoms with Crippen LogP contribution in [0, 0.1) is 13.8 Å². The van der Waals surface area contributed by atoms with E-state index in [1.807, 2.05) is 48.4 Å². The van der Waals surface area contributed by atoms with E-state index < -0.39 is 6.03 Å². The highest BCUT2D eigenvalue weighted by Crippen LogP contribution is 2.27. The molecule has 1 aromatic carbocycles. The van der Waals surface area contributed by atoms with Crippen molar-refractivity contribution >= 4 is 45.0 Å². The van der Waals surface area contributed by atoms with Crippen LogP contribution < -0.4 is 15.5 Å². The summed E-state index contributed by atoms with van der Waals surface area (Å²) in [5.41, 5.74) is 2.78. The number of piperazine rings is 1. The van der Waals surface area contributed by atoms with Gasteiger partial charge in [-0.1, -0.05) is 12.1 Å². The molecule has 0 radical (unpaired) electrons. The second-order valence-corrected chi connectivity index (χ2v) is 8.24.